The largest absolute Gasteiger partial charge is 0.497 e. The summed E-state index contributed by atoms with van der Waals surface area (Å²) in [6.45, 7) is 1.88. The summed E-state index contributed by atoms with van der Waals surface area (Å²) < 4.78 is 11.0. The summed E-state index contributed by atoms with van der Waals surface area (Å²) in [4.78, 5) is 2.45. The van der Waals surface area contributed by atoms with Crippen molar-refractivity contribution in [1.29, 1.82) is 5.26 Å². The van der Waals surface area contributed by atoms with Crippen LogP contribution in [-0.2, 0) is 6.54 Å². The second-order valence-electron chi connectivity index (χ2n) is 6.05. The van der Waals surface area contributed by atoms with Gasteiger partial charge in [-0.05, 0) is 55.3 Å². The zero-order valence-corrected chi connectivity index (χ0v) is 14.2. The van der Waals surface area contributed by atoms with Crippen LogP contribution in [-0.4, -0.2) is 25.7 Å². The lowest BCUT2D eigenvalue weighted by atomic mass is 10.0. The van der Waals surface area contributed by atoms with Gasteiger partial charge >= 0.3 is 0 Å². The van der Waals surface area contributed by atoms with Crippen LogP contribution in [0, 0.1) is 11.3 Å². The molecule has 0 N–H and O–H groups in total. The summed E-state index contributed by atoms with van der Waals surface area (Å²) >= 11 is 0. The van der Waals surface area contributed by atoms with Crippen molar-refractivity contribution >= 4 is 0 Å². The van der Waals surface area contributed by atoms with Crippen molar-refractivity contribution < 1.29 is 9.47 Å². The van der Waals surface area contributed by atoms with Gasteiger partial charge in [0, 0.05) is 18.2 Å². The van der Waals surface area contributed by atoms with Crippen LogP contribution < -0.4 is 9.47 Å². The predicted molar refractivity (Wildman–Crippen MR) is 93.1 cm³/mol. The first kappa shape index (κ1) is 16.4. The first-order chi connectivity index (χ1) is 11.7. The molecule has 0 radical (unpaired) electrons. The Hall–Kier alpha value is -2.51. The van der Waals surface area contributed by atoms with Gasteiger partial charge < -0.3 is 9.47 Å². The van der Waals surface area contributed by atoms with Crippen LogP contribution in [0.1, 0.15) is 35.6 Å². The van der Waals surface area contributed by atoms with E-state index in [-0.39, 0.29) is 0 Å². The second-order valence-corrected chi connectivity index (χ2v) is 6.05. The second kappa shape index (κ2) is 7.37. The van der Waals surface area contributed by atoms with Gasteiger partial charge in [-0.1, -0.05) is 12.1 Å². The number of ether oxygens (including phenoxy) is 2. The van der Waals surface area contributed by atoms with E-state index < -0.39 is 0 Å². The number of nitrogens with zero attached hydrogens (tertiary/aromatic N) is 2. The summed E-state index contributed by atoms with van der Waals surface area (Å²) in [6.07, 6.45) is 2.25. The van der Waals surface area contributed by atoms with Gasteiger partial charge in [-0.15, -0.1) is 0 Å². The molecule has 0 bridgehead atoms. The lowest BCUT2D eigenvalue weighted by Gasteiger charge is -2.26. The third-order valence-corrected chi connectivity index (χ3v) is 4.60. The highest BCUT2D eigenvalue weighted by molar-refractivity contribution is 5.43. The Labute approximate surface area is 143 Å². The van der Waals surface area contributed by atoms with E-state index in [2.05, 4.69) is 23.1 Å². The maximum atomic E-state index is 9.08. The number of likely N-dealkylation sites (tertiary alicyclic amines) is 1. The number of benzene rings is 2. The molecule has 124 valence electrons. The van der Waals surface area contributed by atoms with Crippen LogP contribution >= 0.6 is 0 Å². The van der Waals surface area contributed by atoms with E-state index in [0.717, 1.165) is 37.4 Å². The fourth-order valence-electron chi connectivity index (χ4n) is 3.44. The molecule has 4 nitrogen and oxygen atoms in total. The van der Waals surface area contributed by atoms with Crippen LogP contribution in [0.4, 0.5) is 0 Å². The molecule has 1 aliphatic rings. The molecule has 2 aromatic rings. The minimum absolute atomic E-state index is 0.306. The van der Waals surface area contributed by atoms with E-state index in [4.69, 9.17) is 14.7 Å². The topological polar surface area (TPSA) is 45.5 Å². The van der Waals surface area contributed by atoms with E-state index >= 15 is 0 Å². The molecule has 1 atom stereocenters. The Kier molecular flexibility index (Phi) is 5.02. The highest BCUT2D eigenvalue weighted by Gasteiger charge is 2.28. The molecule has 4 heteroatoms. The molecule has 3 rings (SSSR count). The molecular weight excluding hydrogens is 300 g/mol. The fourth-order valence-corrected chi connectivity index (χ4v) is 3.44. The SMILES string of the molecule is COc1ccc(OC)c(C2CCCN2Cc2cccc(C#N)c2)c1. The normalized spacial score (nSPS) is 17.5. The Morgan fingerprint density at radius 1 is 1.17 bits per heavy atom. The molecule has 1 heterocycles. The number of methoxy groups -OCH3 is 2. The van der Waals surface area contributed by atoms with Crippen molar-refractivity contribution in [3.63, 3.8) is 0 Å². The van der Waals surface area contributed by atoms with Gasteiger partial charge in [0.1, 0.15) is 11.5 Å². The summed E-state index contributed by atoms with van der Waals surface area (Å²) in [7, 11) is 3.40. The standard InChI is InChI=1S/C20H22N2O2/c1-23-17-8-9-20(24-2)18(12-17)19-7-4-10-22(19)14-16-6-3-5-15(11-16)13-21/h3,5-6,8-9,11-12,19H,4,7,10,14H2,1-2H3. The first-order valence-electron chi connectivity index (χ1n) is 8.20. The third-order valence-electron chi connectivity index (χ3n) is 4.60. The maximum Gasteiger partial charge on any atom is 0.123 e. The third kappa shape index (κ3) is 3.37. The summed E-state index contributed by atoms with van der Waals surface area (Å²) in [5.74, 6) is 1.75. The summed E-state index contributed by atoms with van der Waals surface area (Å²) in [5.41, 5.74) is 3.05. The molecular formula is C20H22N2O2. The van der Waals surface area contributed by atoms with Crippen LogP contribution in [0.3, 0.4) is 0 Å². The van der Waals surface area contributed by atoms with Gasteiger partial charge in [0.2, 0.25) is 0 Å². The van der Waals surface area contributed by atoms with Gasteiger partial charge in [0.25, 0.3) is 0 Å². The molecule has 0 aliphatic carbocycles. The minimum Gasteiger partial charge on any atom is -0.497 e. The minimum atomic E-state index is 0.306. The number of hydrogen-bond donors (Lipinski definition) is 0. The van der Waals surface area contributed by atoms with E-state index in [9.17, 15) is 0 Å². The van der Waals surface area contributed by atoms with Gasteiger partial charge in [-0.25, -0.2) is 0 Å². The van der Waals surface area contributed by atoms with E-state index in [1.165, 1.54) is 11.1 Å². The molecule has 1 saturated heterocycles. The Morgan fingerprint density at radius 3 is 2.79 bits per heavy atom. The van der Waals surface area contributed by atoms with Crippen molar-refractivity contribution in [2.45, 2.75) is 25.4 Å². The van der Waals surface area contributed by atoms with Crippen LogP contribution in [0.5, 0.6) is 11.5 Å². The Bertz CT molecular complexity index is 752. The predicted octanol–water partition coefficient (Wildman–Crippen LogP) is 3.91. The summed E-state index contributed by atoms with van der Waals surface area (Å²) in [6, 6.07) is 16.3. The van der Waals surface area contributed by atoms with Crippen LogP contribution in [0.15, 0.2) is 42.5 Å². The lowest BCUT2D eigenvalue weighted by molar-refractivity contribution is 0.242. The average molecular weight is 322 g/mol. The van der Waals surface area contributed by atoms with Crippen molar-refractivity contribution in [3.05, 3.63) is 59.2 Å². The van der Waals surface area contributed by atoms with E-state index in [0.29, 0.717) is 11.6 Å². The molecule has 0 aromatic heterocycles. The van der Waals surface area contributed by atoms with E-state index in [1.807, 2.05) is 30.3 Å². The molecule has 24 heavy (non-hydrogen) atoms. The van der Waals surface area contributed by atoms with Crippen molar-refractivity contribution in [3.8, 4) is 17.6 Å². The Balaban J connectivity index is 1.86. The monoisotopic (exact) mass is 322 g/mol. The van der Waals surface area contributed by atoms with E-state index in [1.54, 1.807) is 14.2 Å². The highest BCUT2D eigenvalue weighted by atomic mass is 16.5. The molecule has 0 saturated carbocycles. The lowest BCUT2D eigenvalue weighted by Crippen LogP contribution is -2.23. The van der Waals surface area contributed by atoms with Gasteiger partial charge in [0.05, 0.1) is 25.9 Å². The smallest absolute Gasteiger partial charge is 0.123 e. The number of nitriles is 1. The van der Waals surface area contributed by atoms with Gasteiger partial charge in [0.15, 0.2) is 0 Å². The zero-order chi connectivity index (χ0) is 16.9. The molecule has 1 fully saturated rings. The van der Waals surface area contributed by atoms with Crippen LogP contribution in [0.25, 0.3) is 0 Å². The van der Waals surface area contributed by atoms with Crippen LogP contribution in [0.2, 0.25) is 0 Å². The Morgan fingerprint density at radius 2 is 2.04 bits per heavy atom. The fraction of sp³-hybridized carbons (Fsp3) is 0.350. The average Bonchev–Trinajstić information content (AvgIpc) is 3.09. The van der Waals surface area contributed by atoms with Crippen molar-refractivity contribution in [2.75, 3.05) is 20.8 Å². The molecule has 2 aromatic carbocycles. The number of rotatable bonds is 5. The molecule has 0 spiro atoms. The maximum absolute atomic E-state index is 9.08. The first-order valence-corrected chi connectivity index (χ1v) is 8.20. The zero-order valence-electron chi connectivity index (χ0n) is 14.2. The number of hydrogen-bond acceptors (Lipinski definition) is 4. The molecule has 0 amide bonds. The van der Waals surface area contributed by atoms with Gasteiger partial charge in [-0.2, -0.15) is 5.26 Å². The van der Waals surface area contributed by atoms with Crippen molar-refractivity contribution in [2.24, 2.45) is 0 Å². The molecule has 1 unspecified atom stereocenters. The summed E-state index contributed by atoms with van der Waals surface area (Å²) in [5, 5.41) is 9.08. The van der Waals surface area contributed by atoms with Gasteiger partial charge in [-0.3, -0.25) is 4.90 Å². The molecule has 1 aliphatic heterocycles. The highest BCUT2D eigenvalue weighted by Crippen LogP contribution is 2.39. The van der Waals surface area contributed by atoms with Crippen molar-refractivity contribution in [1.82, 2.24) is 4.90 Å². The quantitative estimate of drug-likeness (QED) is 0.837.